The van der Waals surface area contributed by atoms with Crippen LogP contribution in [-0.2, 0) is 0 Å². The van der Waals surface area contributed by atoms with E-state index < -0.39 is 11.5 Å². The molecule has 3 rings (SSSR count). The van der Waals surface area contributed by atoms with Crippen LogP contribution >= 0.6 is 0 Å². The Morgan fingerprint density at radius 1 is 1.19 bits per heavy atom. The number of hydrogen-bond donors (Lipinski definition) is 2. The van der Waals surface area contributed by atoms with Crippen LogP contribution in [0.4, 0.5) is 5.69 Å². The summed E-state index contributed by atoms with van der Waals surface area (Å²) in [6.07, 6.45) is 2.94. The second kappa shape index (κ2) is 5.37. The zero-order chi connectivity index (χ0) is 14.7. The van der Waals surface area contributed by atoms with Crippen LogP contribution in [-0.4, -0.2) is 31.1 Å². The molecule has 2 aromatic heterocycles. The summed E-state index contributed by atoms with van der Waals surface area (Å²) in [7, 11) is 0. The Bertz CT molecular complexity index is 807. The number of carbonyl (C=O) groups excluding carboxylic acids is 1. The Hall–Kier alpha value is -3.29. The molecule has 0 spiro atoms. The van der Waals surface area contributed by atoms with Crippen molar-refractivity contribution in [3.05, 3.63) is 64.8 Å². The Balaban J connectivity index is 1.78. The Kier molecular flexibility index (Phi) is 3.26. The number of amides is 1. The number of carbonyl (C=O) groups is 1. The average Bonchev–Trinajstić information content (AvgIpc) is 3.02. The number of benzene rings is 1. The number of nitrogens with one attached hydrogen (secondary N) is 2. The van der Waals surface area contributed by atoms with Crippen molar-refractivity contribution in [2.45, 2.75) is 0 Å². The van der Waals surface area contributed by atoms with Gasteiger partial charge in [0.25, 0.3) is 11.5 Å². The number of anilines is 1. The first-order chi connectivity index (χ1) is 10.2. The van der Waals surface area contributed by atoms with E-state index in [-0.39, 0.29) is 5.56 Å². The molecule has 1 aromatic carbocycles. The fourth-order valence-electron chi connectivity index (χ4n) is 1.78. The van der Waals surface area contributed by atoms with Crippen LogP contribution in [0.2, 0.25) is 0 Å². The smallest absolute Gasteiger partial charge is 0.261 e. The van der Waals surface area contributed by atoms with Gasteiger partial charge in [-0.05, 0) is 46.8 Å². The van der Waals surface area contributed by atoms with Gasteiger partial charge in [0.15, 0.2) is 0 Å². The van der Waals surface area contributed by atoms with E-state index >= 15 is 0 Å². The number of aromatic amines is 1. The van der Waals surface area contributed by atoms with Crippen molar-refractivity contribution >= 4 is 11.6 Å². The molecule has 1 amide bonds. The molecular formula is C13H10N6O2. The fourth-order valence-corrected chi connectivity index (χ4v) is 1.78. The number of pyridine rings is 1. The topological polar surface area (TPSA) is 106 Å². The number of H-pyrrole nitrogens is 1. The van der Waals surface area contributed by atoms with Crippen LogP contribution < -0.4 is 10.9 Å². The molecule has 2 heterocycles. The van der Waals surface area contributed by atoms with Gasteiger partial charge in [-0.2, -0.15) is 0 Å². The molecule has 8 heteroatoms. The molecule has 0 atom stereocenters. The van der Waals surface area contributed by atoms with Crippen molar-refractivity contribution in [1.29, 1.82) is 0 Å². The minimum absolute atomic E-state index is 0.0575. The van der Waals surface area contributed by atoms with Crippen LogP contribution in [0.25, 0.3) is 5.69 Å². The molecule has 3 aromatic rings. The van der Waals surface area contributed by atoms with Gasteiger partial charge in [-0.25, -0.2) is 4.68 Å². The summed E-state index contributed by atoms with van der Waals surface area (Å²) in [6.45, 7) is 0. The number of hydrogen-bond acceptors (Lipinski definition) is 5. The van der Waals surface area contributed by atoms with Crippen molar-refractivity contribution < 1.29 is 4.79 Å². The lowest BCUT2D eigenvalue weighted by Crippen LogP contribution is -2.22. The Morgan fingerprint density at radius 2 is 2.00 bits per heavy atom. The van der Waals surface area contributed by atoms with E-state index in [2.05, 4.69) is 25.8 Å². The largest absolute Gasteiger partial charge is 0.328 e. The third-order valence-electron chi connectivity index (χ3n) is 2.80. The summed E-state index contributed by atoms with van der Waals surface area (Å²) in [6, 6.07) is 9.96. The normalized spacial score (nSPS) is 10.3. The number of tetrazole rings is 1. The van der Waals surface area contributed by atoms with Gasteiger partial charge in [0.2, 0.25) is 0 Å². The van der Waals surface area contributed by atoms with Gasteiger partial charge < -0.3 is 10.3 Å². The van der Waals surface area contributed by atoms with E-state index in [9.17, 15) is 9.59 Å². The number of nitrogens with zero attached hydrogens (tertiary/aromatic N) is 4. The molecular weight excluding hydrogens is 272 g/mol. The molecule has 0 saturated heterocycles. The van der Waals surface area contributed by atoms with Gasteiger partial charge in [0.05, 0.1) is 5.69 Å². The molecule has 0 radical (unpaired) electrons. The first-order valence-corrected chi connectivity index (χ1v) is 6.06. The maximum absolute atomic E-state index is 12.0. The minimum Gasteiger partial charge on any atom is -0.328 e. The van der Waals surface area contributed by atoms with Crippen molar-refractivity contribution in [2.24, 2.45) is 0 Å². The zero-order valence-corrected chi connectivity index (χ0v) is 10.7. The second-order valence-electron chi connectivity index (χ2n) is 4.17. The standard InChI is InChI=1S/C13H10N6O2/c20-12-11(2-1-7-14-12)13(21)16-9-3-5-10(6-4-9)19-8-15-17-18-19/h1-8H,(H,14,20)(H,16,21). The summed E-state index contributed by atoms with van der Waals surface area (Å²) in [5.41, 5.74) is 0.956. The summed E-state index contributed by atoms with van der Waals surface area (Å²) in [4.78, 5) is 26.0. The third kappa shape index (κ3) is 2.68. The molecule has 8 nitrogen and oxygen atoms in total. The quantitative estimate of drug-likeness (QED) is 0.732. The van der Waals surface area contributed by atoms with Gasteiger partial charge in [-0.1, -0.05) is 0 Å². The summed E-state index contributed by atoms with van der Waals surface area (Å²) in [5, 5.41) is 13.5. The lowest BCUT2D eigenvalue weighted by Gasteiger charge is -2.05. The van der Waals surface area contributed by atoms with Gasteiger partial charge in [-0.15, -0.1) is 5.10 Å². The van der Waals surface area contributed by atoms with Crippen LogP contribution in [0.1, 0.15) is 10.4 Å². The lowest BCUT2D eigenvalue weighted by molar-refractivity contribution is 0.102. The van der Waals surface area contributed by atoms with Crippen LogP contribution in [0.15, 0.2) is 53.7 Å². The summed E-state index contributed by atoms with van der Waals surface area (Å²) >= 11 is 0. The highest BCUT2D eigenvalue weighted by molar-refractivity contribution is 6.03. The predicted molar refractivity (Wildman–Crippen MR) is 74.2 cm³/mol. The monoisotopic (exact) mass is 282 g/mol. The minimum atomic E-state index is -0.466. The van der Waals surface area contributed by atoms with E-state index in [1.54, 1.807) is 30.3 Å². The maximum atomic E-state index is 12.0. The predicted octanol–water partition coefficient (Wildman–Crippen LogP) is 0.603. The Labute approximate surface area is 118 Å². The summed E-state index contributed by atoms with van der Waals surface area (Å²) < 4.78 is 1.49. The molecule has 0 bridgehead atoms. The molecule has 0 saturated carbocycles. The Morgan fingerprint density at radius 3 is 2.67 bits per heavy atom. The fraction of sp³-hybridized carbons (Fsp3) is 0. The van der Waals surface area contributed by atoms with E-state index in [1.807, 2.05) is 0 Å². The highest BCUT2D eigenvalue weighted by Gasteiger charge is 2.09. The lowest BCUT2D eigenvalue weighted by atomic mass is 10.2. The van der Waals surface area contributed by atoms with Crippen LogP contribution in [0.3, 0.4) is 0 Å². The number of aromatic nitrogens is 5. The van der Waals surface area contributed by atoms with Crippen molar-refractivity contribution in [1.82, 2.24) is 25.2 Å². The first-order valence-electron chi connectivity index (χ1n) is 6.06. The first kappa shape index (κ1) is 12.7. The molecule has 0 aliphatic heterocycles. The molecule has 0 aliphatic carbocycles. The molecule has 104 valence electrons. The van der Waals surface area contributed by atoms with Gasteiger partial charge >= 0.3 is 0 Å². The average molecular weight is 282 g/mol. The zero-order valence-electron chi connectivity index (χ0n) is 10.7. The van der Waals surface area contributed by atoms with Gasteiger partial charge in [0.1, 0.15) is 11.9 Å². The molecule has 2 N–H and O–H groups in total. The highest BCUT2D eigenvalue weighted by Crippen LogP contribution is 2.12. The maximum Gasteiger partial charge on any atom is 0.261 e. The van der Waals surface area contributed by atoms with E-state index in [0.29, 0.717) is 5.69 Å². The molecule has 0 unspecified atom stereocenters. The van der Waals surface area contributed by atoms with Crippen LogP contribution in [0.5, 0.6) is 0 Å². The molecule has 0 aliphatic rings. The number of rotatable bonds is 3. The molecule has 0 fully saturated rings. The van der Waals surface area contributed by atoms with Crippen LogP contribution in [0, 0.1) is 0 Å². The van der Waals surface area contributed by atoms with E-state index in [1.165, 1.54) is 23.3 Å². The second-order valence-corrected chi connectivity index (χ2v) is 4.17. The molecule has 21 heavy (non-hydrogen) atoms. The third-order valence-corrected chi connectivity index (χ3v) is 2.80. The highest BCUT2D eigenvalue weighted by atomic mass is 16.2. The van der Waals surface area contributed by atoms with E-state index in [0.717, 1.165) is 5.69 Å². The van der Waals surface area contributed by atoms with Crippen molar-refractivity contribution in [2.75, 3.05) is 5.32 Å². The van der Waals surface area contributed by atoms with Gasteiger partial charge in [0, 0.05) is 11.9 Å². The van der Waals surface area contributed by atoms with Crippen molar-refractivity contribution in [3.63, 3.8) is 0 Å². The van der Waals surface area contributed by atoms with E-state index in [4.69, 9.17) is 0 Å². The van der Waals surface area contributed by atoms with Gasteiger partial charge in [-0.3, -0.25) is 9.59 Å². The summed E-state index contributed by atoms with van der Waals surface area (Å²) in [5.74, 6) is -0.466. The SMILES string of the molecule is O=C(Nc1ccc(-n2cnnn2)cc1)c1ccc[nH]c1=O. The van der Waals surface area contributed by atoms with Crippen molar-refractivity contribution in [3.8, 4) is 5.69 Å².